The molecule has 0 bridgehead atoms. The SMILES string of the molecule is Cn1nccc1CCN1CCCC(CNCC(=O)O)C1. The molecule has 1 aromatic rings. The first-order chi connectivity index (χ1) is 9.65. The fourth-order valence-corrected chi connectivity index (χ4v) is 2.82. The number of nitrogens with zero attached hydrogens (tertiary/aromatic N) is 3. The number of nitrogens with one attached hydrogen (secondary N) is 1. The fourth-order valence-electron chi connectivity index (χ4n) is 2.82. The number of hydrogen-bond donors (Lipinski definition) is 2. The van der Waals surface area contributed by atoms with Crippen LogP contribution in [0.3, 0.4) is 0 Å². The second-order valence-corrected chi connectivity index (χ2v) is 5.53. The largest absolute Gasteiger partial charge is 0.480 e. The molecule has 1 aliphatic heterocycles. The zero-order valence-electron chi connectivity index (χ0n) is 12.1. The van der Waals surface area contributed by atoms with Crippen molar-refractivity contribution in [3.05, 3.63) is 18.0 Å². The smallest absolute Gasteiger partial charge is 0.317 e. The van der Waals surface area contributed by atoms with Crippen LogP contribution in [0.1, 0.15) is 18.5 Å². The van der Waals surface area contributed by atoms with Crippen molar-refractivity contribution in [3.8, 4) is 0 Å². The van der Waals surface area contributed by atoms with Gasteiger partial charge in [-0.05, 0) is 37.9 Å². The number of carboxylic acid groups (broad SMARTS) is 1. The van der Waals surface area contributed by atoms with Crippen LogP contribution in [0.2, 0.25) is 0 Å². The highest BCUT2D eigenvalue weighted by Gasteiger charge is 2.19. The topological polar surface area (TPSA) is 70.4 Å². The van der Waals surface area contributed by atoms with Crippen LogP contribution >= 0.6 is 0 Å². The van der Waals surface area contributed by atoms with E-state index in [1.165, 1.54) is 18.5 Å². The van der Waals surface area contributed by atoms with Crippen molar-refractivity contribution in [1.29, 1.82) is 0 Å². The van der Waals surface area contributed by atoms with E-state index in [-0.39, 0.29) is 6.54 Å². The average molecular weight is 280 g/mol. The summed E-state index contributed by atoms with van der Waals surface area (Å²) in [4.78, 5) is 13.0. The van der Waals surface area contributed by atoms with E-state index < -0.39 is 5.97 Å². The summed E-state index contributed by atoms with van der Waals surface area (Å²) in [6, 6.07) is 2.07. The predicted molar refractivity (Wildman–Crippen MR) is 76.6 cm³/mol. The van der Waals surface area contributed by atoms with Gasteiger partial charge in [-0.3, -0.25) is 9.48 Å². The number of piperidine rings is 1. The highest BCUT2D eigenvalue weighted by molar-refractivity contribution is 5.68. The second-order valence-electron chi connectivity index (χ2n) is 5.53. The van der Waals surface area contributed by atoms with Gasteiger partial charge in [-0.25, -0.2) is 0 Å². The summed E-state index contributed by atoms with van der Waals surface area (Å²) in [5.74, 6) is -0.219. The van der Waals surface area contributed by atoms with E-state index in [1.807, 2.05) is 17.9 Å². The molecule has 1 aromatic heterocycles. The Labute approximate surface area is 119 Å². The van der Waals surface area contributed by atoms with Crippen LogP contribution < -0.4 is 5.32 Å². The summed E-state index contributed by atoms with van der Waals surface area (Å²) in [5.41, 5.74) is 1.26. The van der Waals surface area contributed by atoms with Crippen LogP contribution in [0.15, 0.2) is 12.3 Å². The summed E-state index contributed by atoms with van der Waals surface area (Å²) >= 11 is 0. The molecule has 6 nitrogen and oxygen atoms in total. The van der Waals surface area contributed by atoms with Gasteiger partial charge < -0.3 is 15.3 Å². The normalized spacial score (nSPS) is 20.1. The van der Waals surface area contributed by atoms with Crippen molar-refractivity contribution in [2.75, 3.05) is 32.7 Å². The number of aromatic nitrogens is 2. The summed E-state index contributed by atoms with van der Waals surface area (Å²) < 4.78 is 1.93. The molecule has 20 heavy (non-hydrogen) atoms. The number of aryl methyl sites for hydroxylation is 1. The Morgan fingerprint density at radius 3 is 3.15 bits per heavy atom. The van der Waals surface area contributed by atoms with Gasteiger partial charge in [0, 0.05) is 38.4 Å². The Balaban J connectivity index is 1.70. The molecule has 1 aliphatic rings. The van der Waals surface area contributed by atoms with E-state index in [9.17, 15) is 4.79 Å². The molecule has 1 unspecified atom stereocenters. The Bertz CT molecular complexity index is 433. The molecule has 0 radical (unpaired) electrons. The van der Waals surface area contributed by atoms with Crippen molar-refractivity contribution in [3.63, 3.8) is 0 Å². The number of carbonyl (C=O) groups is 1. The first-order valence-corrected chi connectivity index (χ1v) is 7.27. The highest BCUT2D eigenvalue weighted by Crippen LogP contribution is 2.16. The Morgan fingerprint density at radius 2 is 2.45 bits per heavy atom. The maximum absolute atomic E-state index is 10.5. The lowest BCUT2D eigenvalue weighted by molar-refractivity contribution is -0.136. The zero-order chi connectivity index (χ0) is 14.4. The molecule has 0 spiro atoms. The standard InChI is InChI=1S/C14H24N4O2/c1-17-13(4-6-16-17)5-8-18-7-2-3-12(11-18)9-15-10-14(19)20/h4,6,12,15H,2-3,5,7-11H2,1H3,(H,19,20). The van der Waals surface area contributed by atoms with Crippen LogP contribution in [-0.4, -0.2) is 58.5 Å². The van der Waals surface area contributed by atoms with Crippen molar-refractivity contribution in [2.45, 2.75) is 19.3 Å². The summed E-state index contributed by atoms with van der Waals surface area (Å²) in [5, 5.41) is 15.8. The molecule has 0 aromatic carbocycles. The van der Waals surface area contributed by atoms with Gasteiger partial charge in [0.05, 0.1) is 6.54 Å². The van der Waals surface area contributed by atoms with E-state index >= 15 is 0 Å². The van der Waals surface area contributed by atoms with Crippen LogP contribution in [0.4, 0.5) is 0 Å². The monoisotopic (exact) mass is 280 g/mol. The number of rotatable bonds is 7. The van der Waals surface area contributed by atoms with Crippen LogP contribution in [-0.2, 0) is 18.3 Å². The minimum atomic E-state index is -0.783. The third kappa shape index (κ3) is 4.61. The Hall–Kier alpha value is -1.40. The molecular formula is C14H24N4O2. The molecule has 1 fully saturated rings. The third-order valence-electron chi connectivity index (χ3n) is 3.92. The molecule has 2 heterocycles. The number of hydrogen-bond acceptors (Lipinski definition) is 4. The van der Waals surface area contributed by atoms with Crippen LogP contribution in [0, 0.1) is 5.92 Å². The van der Waals surface area contributed by atoms with E-state index in [0.717, 1.165) is 32.6 Å². The molecule has 1 atom stereocenters. The maximum atomic E-state index is 10.5. The summed E-state index contributed by atoms with van der Waals surface area (Å²) in [7, 11) is 1.98. The molecule has 0 aliphatic carbocycles. The maximum Gasteiger partial charge on any atom is 0.317 e. The van der Waals surface area contributed by atoms with Gasteiger partial charge in [0.15, 0.2) is 0 Å². The van der Waals surface area contributed by atoms with Gasteiger partial charge in [0.1, 0.15) is 0 Å². The van der Waals surface area contributed by atoms with Crippen LogP contribution in [0.25, 0.3) is 0 Å². The quantitative estimate of drug-likeness (QED) is 0.754. The average Bonchev–Trinajstić information content (AvgIpc) is 2.82. The lowest BCUT2D eigenvalue weighted by atomic mass is 9.98. The van der Waals surface area contributed by atoms with Crippen LogP contribution in [0.5, 0.6) is 0 Å². The van der Waals surface area contributed by atoms with Gasteiger partial charge in [0.2, 0.25) is 0 Å². The van der Waals surface area contributed by atoms with Gasteiger partial charge in [-0.2, -0.15) is 5.10 Å². The van der Waals surface area contributed by atoms with E-state index in [0.29, 0.717) is 5.92 Å². The van der Waals surface area contributed by atoms with Crippen molar-refractivity contribution in [1.82, 2.24) is 20.0 Å². The van der Waals surface area contributed by atoms with E-state index in [2.05, 4.69) is 21.4 Å². The number of carboxylic acids is 1. The Kier molecular flexibility index (Phi) is 5.55. The molecule has 1 saturated heterocycles. The second kappa shape index (κ2) is 7.40. The Morgan fingerprint density at radius 1 is 1.60 bits per heavy atom. The molecule has 0 saturated carbocycles. The zero-order valence-corrected chi connectivity index (χ0v) is 12.1. The number of likely N-dealkylation sites (tertiary alicyclic amines) is 1. The summed E-state index contributed by atoms with van der Waals surface area (Å²) in [6.45, 7) is 4.12. The highest BCUT2D eigenvalue weighted by atomic mass is 16.4. The molecule has 2 rings (SSSR count). The van der Waals surface area contributed by atoms with Crippen molar-refractivity contribution < 1.29 is 9.90 Å². The fraction of sp³-hybridized carbons (Fsp3) is 0.714. The van der Waals surface area contributed by atoms with E-state index in [4.69, 9.17) is 5.11 Å². The predicted octanol–water partition coefficient (Wildman–Crippen LogP) is 0.349. The minimum Gasteiger partial charge on any atom is -0.480 e. The van der Waals surface area contributed by atoms with Gasteiger partial charge in [-0.1, -0.05) is 0 Å². The molecular weight excluding hydrogens is 256 g/mol. The minimum absolute atomic E-state index is 0.0610. The van der Waals surface area contributed by atoms with Gasteiger partial charge in [0.25, 0.3) is 0 Å². The van der Waals surface area contributed by atoms with Gasteiger partial charge >= 0.3 is 5.97 Å². The molecule has 6 heteroatoms. The first-order valence-electron chi connectivity index (χ1n) is 7.27. The molecule has 2 N–H and O–H groups in total. The van der Waals surface area contributed by atoms with Gasteiger partial charge in [-0.15, -0.1) is 0 Å². The number of aliphatic carboxylic acids is 1. The summed E-state index contributed by atoms with van der Waals surface area (Å²) in [6.07, 6.45) is 5.25. The molecule has 112 valence electrons. The molecule has 0 amide bonds. The first kappa shape index (κ1) is 15.0. The lowest BCUT2D eigenvalue weighted by Crippen LogP contribution is -2.41. The van der Waals surface area contributed by atoms with Crippen molar-refractivity contribution >= 4 is 5.97 Å². The lowest BCUT2D eigenvalue weighted by Gasteiger charge is -2.32. The van der Waals surface area contributed by atoms with E-state index in [1.54, 1.807) is 0 Å². The van der Waals surface area contributed by atoms with Crippen molar-refractivity contribution in [2.24, 2.45) is 13.0 Å². The third-order valence-corrected chi connectivity index (χ3v) is 3.92.